The summed E-state index contributed by atoms with van der Waals surface area (Å²) in [4.78, 5) is 15.4. The lowest BCUT2D eigenvalue weighted by Gasteiger charge is -2.29. The second kappa shape index (κ2) is 8.97. The number of hydrogen-bond acceptors (Lipinski definition) is 4. The first-order valence-corrected chi connectivity index (χ1v) is 10.5. The standard InChI is InChI=1S/C23H26ClN3O2/c1-29-18-11-9-17(10-12-18)22-15-21(19-7-3-4-8-20(19)24)25-27(22)23(28)16-26-13-5-2-6-14-26/h3-4,7-12,22H,2,5-6,13-16H2,1H3. The molecule has 6 heteroatoms. The minimum atomic E-state index is -0.135. The average molecular weight is 412 g/mol. The topological polar surface area (TPSA) is 45.1 Å². The largest absolute Gasteiger partial charge is 0.497 e. The maximum atomic E-state index is 13.2. The molecule has 0 bridgehead atoms. The highest BCUT2D eigenvalue weighted by Gasteiger charge is 2.34. The molecule has 2 aromatic rings. The summed E-state index contributed by atoms with van der Waals surface area (Å²) in [5, 5.41) is 7.06. The Morgan fingerprint density at radius 2 is 1.83 bits per heavy atom. The summed E-state index contributed by atoms with van der Waals surface area (Å²) >= 11 is 6.41. The molecule has 1 unspecified atom stereocenters. The summed E-state index contributed by atoms with van der Waals surface area (Å²) in [6.07, 6.45) is 4.20. The summed E-state index contributed by atoms with van der Waals surface area (Å²) < 4.78 is 5.28. The SMILES string of the molecule is COc1ccc(C2CC(c3ccccc3Cl)=NN2C(=O)CN2CCCCC2)cc1. The molecule has 0 N–H and O–H groups in total. The quantitative estimate of drug-likeness (QED) is 0.727. The fourth-order valence-electron chi connectivity index (χ4n) is 4.07. The summed E-state index contributed by atoms with van der Waals surface area (Å²) in [7, 11) is 1.65. The number of amides is 1. The lowest BCUT2D eigenvalue weighted by atomic mass is 9.98. The van der Waals surface area contributed by atoms with Crippen molar-refractivity contribution in [1.29, 1.82) is 0 Å². The number of piperidine rings is 1. The molecule has 0 spiro atoms. The molecule has 0 aromatic heterocycles. The molecule has 29 heavy (non-hydrogen) atoms. The number of ether oxygens (including phenoxy) is 1. The molecule has 1 saturated heterocycles. The van der Waals surface area contributed by atoms with E-state index in [0.717, 1.165) is 48.5 Å². The number of carbonyl (C=O) groups is 1. The highest BCUT2D eigenvalue weighted by Crippen LogP contribution is 2.35. The van der Waals surface area contributed by atoms with Crippen molar-refractivity contribution in [1.82, 2.24) is 9.91 Å². The van der Waals surface area contributed by atoms with Crippen LogP contribution in [-0.4, -0.2) is 48.3 Å². The Hall–Kier alpha value is -2.37. The number of carbonyl (C=O) groups excluding carboxylic acids is 1. The van der Waals surface area contributed by atoms with Crippen molar-refractivity contribution < 1.29 is 9.53 Å². The number of halogens is 1. The van der Waals surface area contributed by atoms with E-state index >= 15 is 0 Å². The fraction of sp³-hybridized carbons (Fsp3) is 0.391. The van der Waals surface area contributed by atoms with Crippen LogP contribution in [0.15, 0.2) is 53.6 Å². The van der Waals surface area contributed by atoms with Gasteiger partial charge < -0.3 is 4.74 Å². The van der Waals surface area contributed by atoms with Gasteiger partial charge in [0.15, 0.2) is 0 Å². The maximum absolute atomic E-state index is 13.2. The second-order valence-corrected chi connectivity index (χ2v) is 8.00. The monoisotopic (exact) mass is 411 g/mol. The number of methoxy groups -OCH3 is 1. The summed E-state index contributed by atoms with van der Waals surface area (Å²) in [5.74, 6) is 0.833. The van der Waals surface area contributed by atoms with E-state index in [1.807, 2.05) is 48.5 Å². The Kier molecular flexibility index (Phi) is 6.16. The molecule has 0 radical (unpaired) electrons. The third-order valence-electron chi connectivity index (χ3n) is 5.66. The number of benzene rings is 2. The molecule has 0 aliphatic carbocycles. The number of likely N-dealkylation sites (tertiary alicyclic amines) is 1. The molecule has 1 amide bonds. The zero-order chi connectivity index (χ0) is 20.2. The van der Waals surface area contributed by atoms with Crippen molar-refractivity contribution in [2.45, 2.75) is 31.7 Å². The van der Waals surface area contributed by atoms with Gasteiger partial charge in [0.1, 0.15) is 5.75 Å². The van der Waals surface area contributed by atoms with E-state index in [2.05, 4.69) is 4.90 Å². The fourth-order valence-corrected chi connectivity index (χ4v) is 4.31. The van der Waals surface area contributed by atoms with Crippen LogP contribution in [0.25, 0.3) is 0 Å². The van der Waals surface area contributed by atoms with Crippen LogP contribution in [0.5, 0.6) is 5.75 Å². The van der Waals surface area contributed by atoms with Crippen LogP contribution in [0.1, 0.15) is 42.9 Å². The Morgan fingerprint density at radius 1 is 1.10 bits per heavy atom. The van der Waals surface area contributed by atoms with Crippen molar-refractivity contribution in [3.8, 4) is 5.75 Å². The number of hydrazone groups is 1. The van der Waals surface area contributed by atoms with Gasteiger partial charge >= 0.3 is 0 Å². The van der Waals surface area contributed by atoms with Crippen LogP contribution in [0, 0.1) is 0 Å². The van der Waals surface area contributed by atoms with Gasteiger partial charge in [-0.2, -0.15) is 5.10 Å². The van der Waals surface area contributed by atoms with E-state index in [4.69, 9.17) is 21.4 Å². The highest BCUT2D eigenvalue weighted by atomic mass is 35.5. The van der Waals surface area contributed by atoms with E-state index < -0.39 is 0 Å². The van der Waals surface area contributed by atoms with Crippen LogP contribution in [-0.2, 0) is 4.79 Å². The molecule has 2 aromatic carbocycles. The highest BCUT2D eigenvalue weighted by molar-refractivity contribution is 6.34. The zero-order valence-electron chi connectivity index (χ0n) is 16.7. The molecule has 2 heterocycles. The Morgan fingerprint density at radius 3 is 2.52 bits per heavy atom. The van der Waals surface area contributed by atoms with Crippen molar-refractivity contribution >= 4 is 23.2 Å². The Labute approximate surface area is 176 Å². The van der Waals surface area contributed by atoms with E-state index in [1.165, 1.54) is 6.42 Å². The number of rotatable bonds is 5. The average Bonchev–Trinajstić information content (AvgIpc) is 3.20. The predicted octanol–water partition coefficient (Wildman–Crippen LogP) is 4.51. The second-order valence-electron chi connectivity index (χ2n) is 7.59. The van der Waals surface area contributed by atoms with Gasteiger partial charge in [0.2, 0.25) is 0 Å². The molecular formula is C23H26ClN3O2. The van der Waals surface area contributed by atoms with E-state index in [9.17, 15) is 4.79 Å². The van der Waals surface area contributed by atoms with Gasteiger partial charge in [-0.05, 0) is 49.7 Å². The van der Waals surface area contributed by atoms with Gasteiger partial charge in [-0.1, -0.05) is 48.4 Å². The first-order chi connectivity index (χ1) is 14.2. The molecule has 2 aliphatic heterocycles. The van der Waals surface area contributed by atoms with Crippen molar-refractivity contribution in [2.24, 2.45) is 5.10 Å². The molecule has 5 nitrogen and oxygen atoms in total. The van der Waals surface area contributed by atoms with Crippen molar-refractivity contribution in [3.63, 3.8) is 0 Å². The predicted molar refractivity (Wildman–Crippen MR) is 115 cm³/mol. The zero-order valence-corrected chi connectivity index (χ0v) is 17.4. The van der Waals surface area contributed by atoms with Gasteiger partial charge in [-0.15, -0.1) is 0 Å². The van der Waals surface area contributed by atoms with E-state index in [-0.39, 0.29) is 11.9 Å². The molecule has 1 fully saturated rings. The smallest absolute Gasteiger partial charge is 0.257 e. The summed E-state index contributed by atoms with van der Waals surface area (Å²) in [5.41, 5.74) is 2.79. The van der Waals surface area contributed by atoms with Gasteiger partial charge in [-0.25, -0.2) is 5.01 Å². The number of nitrogens with zero attached hydrogens (tertiary/aromatic N) is 3. The summed E-state index contributed by atoms with van der Waals surface area (Å²) in [6.45, 7) is 2.37. The minimum Gasteiger partial charge on any atom is -0.497 e. The molecule has 4 rings (SSSR count). The van der Waals surface area contributed by atoms with Crippen LogP contribution in [0.3, 0.4) is 0 Å². The third kappa shape index (κ3) is 4.46. The molecular weight excluding hydrogens is 386 g/mol. The Balaban J connectivity index is 1.61. The first-order valence-electron chi connectivity index (χ1n) is 10.2. The van der Waals surface area contributed by atoms with E-state index in [0.29, 0.717) is 18.0 Å². The van der Waals surface area contributed by atoms with Gasteiger partial charge in [-0.3, -0.25) is 9.69 Å². The number of hydrogen-bond donors (Lipinski definition) is 0. The molecule has 0 saturated carbocycles. The van der Waals surface area contributed by atoms with Crippen LogP contribution >= 0.6 is 11.6 Å². The molecule has 2 aliphatic rings. The van der Waals surface area contributed by atoms with Crippen molar-refractivity contribution in [3.05, 3.63) is 64.7 Å². The lowest BCUT2D eigenvalue weighted by molar-refractivity contribution is -0.134. The minimum absolute atomic E-state index is 0.0368. The third-order valence-corrected chi connectivity index (χ3v) is 5.99. The van der Waals surface area contributed by atoms with Crippen molar-refractivity contribution in [2.75, 3.05) is 26.7 Å². The normalized spacial score (nSPS) is 19.9. The molecule has 152 valence electrons. The lowest BCUT2D eigenvalue weighted by Crippen LogP contribution is -2.40. The van der Waals surface area contributed by atoms with Gasteiger partial charge in [0.05, 0.1) is 25.4 Å². The Bertz CT molecular complexity index is 891. The van der Waals surface area contributed by atoms with E-state index in [1.54, 1.807) is 12.1 Å². The van der Waals surface area contributed by atoms with Gasteiger partial charge in [0.25, 0.3) is 5.91 Å². The molecule has 1 atom stereocenters. The van der Waals surface area contributed by atoms with Crippen LogP contribution in [0.2, 0.25) is 5.02 Å². The van der Waals surface area contributed by atoms with Crippen LogP contribution < -0.4 is 4.74 Å². The van der Waals surface area contributed by atoms with Crippen LogP contribution in [0.4, 0.5) is 0 Å². The van der Waals surface area contributed by atoms with Gasteiger partial charge in [0, 0.05) is 17.0 Å². The first kappa shape index (κ1) is 19.9. The summed E-state index contributed by atoms with van der Waals surface area (Å²) in [6, 6.07) is 15.4. The maximum Gasteiger partial charge on any atom is 0.257 e.